The summed E-state index contributed by atoms with van der Waals surface area (Å²) in [5.41, 5.74) is 0.840. The highest BCUT2D eigenvalue weighted by Crippen LogP contribution is 2.22. The van der Waals surface area contributed by atoms with Gasteiger partial charge in [-0.05, 0) is 51.5 Å². The van der Waals surface area contributed by atoms with Crippen molar-refractivity contribution in [3.05, 3.63) is 24.3 Å². The maximum atomic E-state index is 12.2. The summed E-state index contributed by atoms with van der Waals surface area (Å²) in [5, 5.41) is 3.40. The average molecular weight is 270 g/mol. The van der Waals surface area contributed by atoms with Crippen LogP contribution in [0.1, 0.15) is 19.3 Å². The molecule has 3 nitrogen and oxygen atoms in total. The Balaban J connectivity index is 1.94. The fourth-order valence-electron chi connectivity index (χ4n) is 2.38. The van der Waals surface area contributed by atoms with Gasteiger partial charge in [-0.1, -0.05) is 6.07 Å². The second-order valence-electron chi connectivity index (χ2n) is 4.98. The van der Waals surface area contributed by atoms with E-state index < -0.39 is 6.61 Å². The molecule has 0 amide bonds. The molecule has 1 aliphatic heterocycles. The van der Waals surface area contributed by atoms with Crippen LogP contribution in [0.4, 0.5) is 14.5 Å². The van der Waals surface area contributed by atoms with Crippen LogP contribution in [0.15, 0.2) is 24.3 Å². The normalized spacial score (nSPS) is 21.2. The van der Waals surface area contributed by atoms with Gasteiger partial charge in [0.05, 0.1) is 0 Å². The van der Waals surface area contributed by atoms with Gasteiger partial charge in [0.1, 0.15) is 5.75 Å². The van der Waals surface area contributed by atoms with Crippen molar-refractivity contribution in [2.75, 3.05) is 25.5 Å². The predicted octanol–water partition coefficient (Wildman–Crippen LogP) is 3.18. The van der Waals surface area contributed by atoms with Gasteiger partial charge in [0.25, 0.3) is 0 Å². The lowest BCUT2D eigenvalue weighted by Gasteiger charge is -2.18. The van der Waals surface area contributed by atoms with Crippen molar-refractivity contribution in [2.24, 2.45) is 0 Å². The Morgan fingerprint density at radius 3 is 2.95 bits per heavy atom. The smallest absolute Gasteiger partial charge is 0.387 e. The van der Waals surface area contributed by atoms with Crippen LogP contribution >= 0.6 is 0 Å². The number of hydrogen-bond acceptors (Lipinski definition) is 3. The summed E-state index contributed by atoms with van der Waals surface area (Å²) in [7, 11) is 2.12. The van der Waals surface area contributed by atoms with Crippen LogP contribution in [0.2, 0.25) is 0 Å². The van der Waals surface area contributed by atoms with Crippen LogP contribution in [0.25, 0.3) is 0 Å². The molecule has 0 bridgehead atoms. The summed E-state index contributed by atoms with van der Waals surface area (Å²) in [6.45, 7) is -0.598. The standard InChI is InChI=1S/C14H20F2N2O/c1-18-8-3-5-11(7-9-18)17-12-4-2-6-13(10-12)19-14(15)16/h2,4,6,10-11,14,17H,3,5,7-9H2,1H3. The molecule has 1 atom stereocenters. The third-order valence-corrected chi connectivity index (χ3v) is 3.38. The van der Waals surface area contributed by atoms with Crippen molar-refractivity contribution in [3.63, 3.8) is 0 Å². The van der Waals surface area contributed by atoms with E-state index >= 15 is 0 Å². The largest absolute Gasteiger partial charge is 0.435 e. The molecule has 1 unspecified atom stereocenters. The summed E-state index contributed by atoms with van der Waals surface area (Å²) in [5.74, 6) is 0.200. The first-order valence-electron chi connectivity index (χ1n) is 6.63. The molecule has 1 aliphatic rings. The highest BCUT2D eigenvalue weighted by molar-refractivity contribution is 5.48. The number of halogens is 2. The van der Waals surface area contributed by atoms with Gasteiger partial charge in [-0.2, -0.15) is 8.78 Å². The van der Waals surface area contributed by atoms with Gasteiger partial charge >= 0.3 is 6.61 Å². The summed E-state index contributed by atoms with van der Waals surface area (Å²) in [6, 6.07) is 7.17. The van der Waals surface area contributed by atoms with Crippen LogP contribution in [0.3, 0.4) is 0 Å². The van der Waals surface area contributed by atoms with E-state index in [-0.39, 0.29) is 5.75 Å². The summed E-state index contributed by atoms with van der Waals surface area (Å²) < 4.78 is 28.7. The molecule has 0 aliphatic carbocycles. The number of benzene rings is 1. The highest BCUT2D eigenvalue weighted by Gasteiger charge is 2.14. The van der Waals surface area contributed by atoms with Crippen LogP contribution in [0, 0.1) is 0 Å². The number of anilines is 1. The van der Waals surface area contributed by atoms with Crippen LogP contribution < -0.4 is 10.1 Å². The Labute approximate surface area is 112 Å². The lowest BCUT2D eigenvalue weighted by Crippen LogP contribution is -2.23. The van der Waals surface area contributed by atoms with Crippen molar-refractivity contribution in [3.8, 4) is 5.75 Å². The fourth-order valence-corrected chi connectivity index (χ4v) is 2.38. The number of hydrogen-bond donors (Lipinski definition) is 1. The zero-order valence-electron chi connectivity index (χ0n) is 11.1. The number of nitrogens with one attached hydrogen (secondary N) is 1. The Morgan fingerprint density at radius 2 is 2.16 bits per heavy atom. The second kappa shape index (κ2) is 6.70. The van der Waals surface area contributed by atoms with E-state index in [2.05, 4.69) is 22.0 Å². The van der Waals surface area contributed by atoms with Gasteiger partial charge in [0.2, 0.25) is 0 Å². The Hall–Kier alpha value is -1.36. The maximum absolute atomic E-state index is 12.2. The summed E-state index contributed by atoms with van der Waals surface area (Å²) in [4.78, 5) is 2.32. The molecule has 1 saturated heterocycles. The molecular formula is C14H20F2N2O. The molecule has 106 valence electrons. The van der Waals surface area contributed by atoms with E-state index in [1.165, 1.54) is 6.07 Å². The molecule has 19 heavy (non-hydrogen) atoms. The van der Waals surface area contributed by atoms with Crippen molar-refractivity contribution < 1.29 is 13.5 Å². The van der Waals surface area contributed by atoms with Crippen molar-refractivity contribution >= 4 is 5.69 Å². The van der Waals surface area contributed by atoms with Crippen molar-refractivity contribution in [2.45, 2.75) is 31.9 Å². The Morgan fingerprint density at radius 1 is 1.32 bits per heavy atom. The molecule has 1 N–H and O–H groups in total. The molecular weight excluding hydrogens is 250 g/mol. The van der Waals surface area contributed by atoms with Crippen molar-refractivity contribution in [1.82, 2.24) is 4.90 Å². The van der Waals surface area contributed by atoms with E-state index in [1.54, 1.807) is 12.1 Å². The number of alkyl halides is 2. The molecule has 2 rings (SSSR count). The molecule has 0 radical (unpaired) electrons. The predicted molar refractivity (Wildman–Crippen MR) is 71.8 cm³/mol. The molecule has 1 aromatic rings. The first-order chi connectivity index (χ1) is 9.13. The highest BCUT2D eigenvalue weighted by atomic mass is 19.3. The van der Waals surface area contributed by atoms with Gasteiger partial charge in [0, 0.05) is 17.8 Å². The van der Waals surface area contributed by atoms with Gasteiger partial charge in [-0.25, -0.2) is 0 Å². The zero-order chi connectivity index (χ0) is 13.7. The van der Waals surface area contributed by atoms with Crippen LogP contribution in [-0.4, -0.2) is 37.7 Å². The number of likely N-dealkylation sites (tertiary alicyclic amines) is 1. The third kappa shape index (κ3) is 4.67. The molecule has 0 aromatic heterocycles. The van der Waals surface area contributed by atoms with Gasteiger partial charge in [-0.15, -0.1) is 0 Å². The molecule has 0 saturated carbocycles. The number of ether oxygens (including phenoxy) is 1. The zero-order valence-corrected chi connectivity index (χ0v) is 11.1. The van der Waals surface area contributed by atoms with E-state index in [1.807, 2.05) is 6.07 Å². The van der Waals surface area contributed by atoms with Gasteiger partial charge in [-0.3, -0.25) is 0 Å². The minimum Gasteiger partial charge on any atom is -0.435 e. The van der Waals surface area contributed by atoms with Gasteiger partial charge < -0.3 is 15.0 Å². The van der Waals surface area contributed by atoms with E-state index in [0.717, 1.165) is 38.0 Å². The fraction of sp³-hybridized carbons (Fsp3) is 0.571. The average Bonchev–Trinajstić information content (AvgIpc) is 2.54. The molecule has 5 heteroatoms. The first kappa shape index (κ1) is 14.1. The van der Waals surface area contributed by atoms with E-state index in [9.17, 15) is 8.78 Å². The number of rotatable bonds is 4. The molecule has 0 spiro atoms. The minimum absolute atomic E-state index is 0.200. The van der Waals surface area contributed by atoms with Crippen LogP contribution in [-0.2, 0) is 0 Å². The summed E-state index contributed by atoms with van der Waals surface area (Å²) >= 11 is 0. The Kier molecular flexibility index (Phi) is 4.96. The van der Waals surface area contributed by atoms with E-state index in [0.29, 0.717) is 6.04 Å². The second-order valence-corrected chi connectivity index (χ2v) is 4.98. The lowest BCUT2D eigenvalue weighted by molar-refractivity contribution is -0.0498. The third-order valence-electron chi connectivity index (χ3n) is 3.38. The maximum Gasteiger partial charge on any atom is 0.387 e. The number of nitrogens with zero attached hydrogens (tertiary/aromatic N) is 1. The molecule has 1 aromatic carbocycles. The molecule has 1 fully saturated rings. The Bertz CT molecular complexity index is 401. The molecule has 1 heterocycles. The first-order valence-corrected chi connectivity index (χ1v) is 6.63. The minimum atomic E-state index is -2.78. The van der Waals surface area contributed by atoms with E-state index in [4.69, 9.17) is 0 Å². The monoisotopic (exact) mass is 270 g/mol. The van der Waals surface area contributed by atoms with Gasteiger partial charge in [0.15, 0.2) is 0 Å². The quantitative estimate of drug-likeness (QED) is 0.909. The SMILES string of the molecule is CN1CCCC(Nc2cccc(OC(F)F)c2)CC1. The van der Waals surface area contributed by atoms with Crippen LogP contribution in [0.5, 0.6) is 5.75 Å². The topological polar surface area (TPSA) is 24.5 Å². The lowest BCUT2D eigenvalue weighted by atomic mass is 10.1. The summed E-state index contributed by atoms with van der Waals surface area (Å²) in [6.07, 6.45) is 3.32. The van der Waals surface area contributed by atoms with Crippen molar-refractivity contribution in [1.29, 1.82) is 0 Å².